The van der Waals surface area contributed by atoms with Crippen molar-refractivity contribution in [3.63, 3.8) is 0 Å². The first-order valence-electron chi connectivity index (χ1n) is 7.51. The summed E-state index contributed by atoms with van der Waals surface area (Å²) in [5.74, 6) is 0.884. The Morgan fingerprint density at radius 2 is 1.91 bits per heavy atom. The second-order valence-electron chi connectivity index (χ2n) is 5.55. The van der Waals surface area contributed by atoms with Crippen LogP contribution in [0.15, 0.2) is 45.6 Å². The van der Waals surface area contributed by atoms with E-state index < -0.39 is 0 Å². The zero-order chi connectivity index (χ0) is 16.6. The molecule has 1 aromatic heterocycles. The van der Waals surface area contributed by atoms with Gasteiger partial charge in [-0.25, -0.2) is 0 Å². The van der Waals surface area contributed by atoms with Crippen molar-refractivity contribution in [2.45, 2.75) is 20.8 Å². The maximum absolute atomic E-state index is 12.4. The Hall–Kier alpha value is -2.75. The molecule has 0 amide bonds. The molecule has 4 nitrogen and oxygen atoms in total. The van der Waals surface area contributed by atoms with Crippen LogP contribution in [0.1, 0.15) is 18.1 Å². The Balaban J connectivity index is 2.21. The molecule has 0 unspecified atom stereocenters. The number of hydrogen-bond donors (Lipinski definition) is 1. The van der Waals surface area contributed by atoms with Gasteiger partial charge in [-0.2, -0.15) is 0 Å². The van der Waals surface area contributed by atoms with E-state index in [1.165, 1.54) is 12.1 Å². The fraction of sp³-hybridized carbons (Fsp3) is 0.211. The molecule has 0 atom stereocenters. The SMILES string of the molecule is CCOc1cc(-c2cc(=O)c3cc(C)cc(C)c3o2)ccc1O. The number of phenolic OH excluding ortho intramolecular Hbond substituents is 1. The lowest BCUT2D eigenvalue weighted by Gasteiger charge is -2.09. The molecule has 0 bridgehead atoms. The van der Waals surface area contributed by atoms with Gasteiger partial charge in [0, 0.05) is 11.6 Å². The maximum atomic E-state index is 12.4. The highest BCUT2D eigenvalue weighted by molar-refractivity contribution is 5.82. The summed E-state index contributed by atoms with van der Waals surface area (Å²) >= 11 is 0. The number of rotatable bonds is 3. The lowest BCUT2D eigenvalue weighted by atomic mass is 10.1. The highest BCUT2D eigenvalue weighted by atomic mass is 16.5. The molecule has 3 rings (SSSR count). The average Bonchev–Trinajstić information content (AvgIpc) is 2.50. The number of hydrogen-bond acceptors (Lipinski definition) is 4. The number of phenols is 1. The molecular formula is C19H18O4. The van der Waals surface area contributed by atoms with Gasteiger partial charge in [-0.05, 0) is 56.2 Å². The van der Waals surface area contributed by atoms with Crippen LogP contribution in [0, 0.1) is 13.8 Å². The largest absolute Gasteiger partial charge is 0.504 e. The third-order valence-corrected chi connectivity index (χ3v) is 3.70. The quantitative estimate of drug-likeness (QED) is 0.788. The second-order valence-corrected chi connectivity index (χ2v) is 5.55. The first kappa shape index (κ1) is 15.2. The molecule has 2 aromatic carbocycles. The van der Waals surface area contributed by atoms with E-state index in [9.17, 15) is 9.90 Å². The van der Waals surface area contributed by atoms with E-state index in [0.29, 0.717) is 34.6 Å². The average molecular weight is 310 g/mol. The van der Waals surface area contributed by atoms with Crippen molar-refractivity contribution >= 4 is 11.0 Å². The zero-order valence-corrected chi connectivity index (χ0v) is 13.3. The van der Waals surface area contributed by atoms with E-state index in [4.69, 9.17) is 9.15 Å². The van der Waals surface area contributed by atoms with Gasteiger partial charge in [-0.1, -0.05) is 6.07 Å². The summed E-state index contributed by atoms with van der Waals surface area (Å²) < 4.78 is 11.3. The number of ether oxygens (including phenoxy) is 1. The Morgan fingerprint density at radius 3 is 2.65 bits per heavy atom. The molecule has 1 heterocycles. The maximum Gasteiger partial charge on any atom is 0.193 e. The molecule has 3 aromatic rings. The van der Waals surface area contributed by atoms with Crippen molar-refractivity contribution in [3.05, 3.63) is 57.7 Å². The van der Waals surface area contributed by atoms with Crippen LogP contribution in [0.2, 0.25) is 0 Å². The predicted octanol–water partition coefficient (Wildman–Crippen LogP) is 4.18. The minimum atomic E-state index is -0.0842. The fourth-order valence-corrected chi connectivity index (χ4v) is 2.69. The van der Waals surface area contributed by atoms with Gasteiger partial charge in [0.2, 0.25) is 0 Å². The van der Waals surface area contributed by atoms with E-state index >= 15 is 0 Å². The van der Waals surface area contributed by atoms with Gasteiger partial charge in [0.25, 0.3) is 0 Å². The molecule has 0 saturated carbocycles. The van der Waals surface area contributed by atoms with Crippen molar-refractivity contribution in [3.8, 4) is 22.8 Å². The van der Waals surface area contributed by atoms with Crippen LogP contribution in [-0.2, 0) is 0 Å². The van der Waals surface area contributed by atoms with Crippen LogP contribution in [0.4, 0.5) is 0 Å². The molecule has 118 valence electrons. The lowest BCUT2D eigenvalue weighted by Crippen LogP contribution is -2.02. The molecule has 0 aliphatic rings. The topological polar surface area (TPSA) is 59.7 Å². The number of aryl methyl sites for hydroxylation is 2. The second kappa shape index (κ2) is 5.80. The molecule has 0 spiro atoms. The van der Waals surface area contributed by atoms with Gasteiger partial charge in [-0.15, -0.1) is 0 Å². The van der Waals surface area contributed by atoms with Gasteiger partial charge >= 0.3 is 0 Å². The minimum absolute atomic E-state index is 0.0607. The van der Waals surface area contributed by atoms with E-state index in [2.05, 4.69) is 0 Å². The summed E-state index contributed by atoms with van der Waals surface area (Å²) in [7, 11) is 0. The van der Waals surface area contributed by atoms with Gasteiger partial charge in [-0.3, -0.25) is 4.79 Å². The first-order valence-corrected chi connectivity index (χ1v) is 7.51. The smallest absolute Gasteiger partial charge is 0.193 e. The Kier molecular flexibility index (Phi) is 3.82. The summed E-state index contributed by atoms with van der Waals surface area (Å²) in [5.41, 5.74) is 3.13. The van der Waals surface area contributed by atoms with Crippen molar-refractivity contribution in [1.82, 2.24) is 0 Å². The van der Waals surface area contributed by atoms with E-state index in [1.807, 2.05) is 32.9 Å². The summed E-state index contributed by atoms with van der Waals surface area (Å²) in [5, 5.41) is 10.4. The van der Waals surface area contributed by atoms with Gasteiger partial charge < -0.3 is 14.3 Å². The fourth-order valence-electron chi connectivity index (χ4n) is 2.69. The molecule has 0 radical (unpaired) electrons. The van der Waals surface area contributed by atoms with Crippen molar-refractivity contribution < 1.29 is 14.3 Å². The zero-order valence-electron chi connectivity index (χ0n) is 13.3. The number of aromatic hydroxyl groups is 1. The molecule has 1 N–H and O–H groups in total. The summed E-state index contributed by atoms with van der Waals surface area (Å²) in [4.78, 5) is 12.4. The first-order chi connectivity index (χ1) is 11.0. The van der Waals surface area contributed by atoms with Crippen molar-refractivity contribution in [2.24, 2.45) is 0 Å². The highest BCUT2D eigenvalue weighted by Gasteiger charge is 2.12. The van der Waals surface area contributed by atoms with Gasteiger partial charge in [0.15, 0.2) is 16.9 Å². The van der Waals surface area contributed by atoms with E-state index in [0.717, 1.165) is 11.1 Å². The van der Waals surface area contributed by atoms with Crippen LogP contribution in [-0.4, -0.2) is 11.7 Å². The van der Waals surface area contributed by atoms with Crippen LogP contribution in [0.3, 0.4) is 0 Å². The van der Waals surface area contributed by atoms with Crippen LogP contribution < -0.4 is 10.2 Å². The van der Waals surface area contributed by atoms with E-state index in [-0.39, 0.29) is 11.2 Å². The Morgan fingerprint density at radius 1 is 1.13 bits per heavy atom. The monoisotopic (exact) mass is 310 g/mol. The van der Waals surface area contributed by atoms with Crippen molar-refractivity contribution in [1.29, 1.82) is 0 Å². The van der Waals surface area contributed by atoms with Gasteiger partial charge in [0.1, 0.15) is 11.3 Å². The normalized spacial score (nSPS) is 10.9. The minimum Gasteiger partial charge on any atom is -0.504 e. The summed E-state index contributed by atoms with van der Waals surface area (Å²) in [6, 6.07) is 10.2. The number of benzene rings is 2. The molecule has 0 fully saturated rings. The molecule has 0 saturated heterocycles. The molecule has 23 heavy (non-hydrogen) atoms. The standard InChI is InChI=1S/C19H18O4/c1-4-22-18-9-13(5-6-15(18)20)17-10-16(21)14-8-11(2)7-12(3)19(14)23-17/h5-10,20H,4H2,1-3H3. The lowest BCUT2D eigenvalue weighted by molar-refractivity contribution is 0.318. The van der Waals surface area contributed by atoms with Crippen LogP contribution in [0.5, 0.6) is 11.5 Å². The van der Waals surface area contributed by atoms with Gasteiger partial charge in [0.05, 0.1) is 12.0 Å². The van der Waals surface area contributed by atoms with Crippen molar-refractivity contribution in [2.75, 3.05) is 6.61 Å². The third kappa shape index (κ3) is 2.80. The summed E-state index contributed by atoms with van der Waals surface area (Å²) in [6.07, 6.45) is 0. The predicted molar refractivity (Wildman–Crippen MR) is 90.2 cm³/mol. The highest BCUT2D eigenvalue weighted by Crippen LogP contribution is 2.32. The molecule has 0 aliphatic carbocycles. The molecule has 4 heteroatoms. The Bertz CT molecular complexity index is 938. The molecular weight excluding hydrogens is 292 g/mol. The summed E-state index contributed by atoms with van der Waals surface area (Å²) in [6.45, 7) is 6.16. The van der Waals surface area contributed by atoms with E-state index in [1.54, 1.807) is 12.1 Å². The van der Waals surface area contributed by atoms with Crippen LogP contribution in [0.25, 0.3) is 22.3 Å². The molecule has 0 aliphatic heterocycles. The number of fused-ring (bicyclic) bond motifs is 1. The Labute approximate surface area is 134 Å². The third-order valence-electron chi connectivity index (χ3n) is 3.70. The van der Waals surface area contributed by atoms with Crippen LogP contribution >= 0.6 is 0 Å².